The number of esters is 1. The first-order valence-corrected chi connectivity index (χ1v) is 8.86. The highest BCUT2D eigenvalue weighted by atomic mass is 16.5. The first-order chi connectivity index (χ1) is 13.5. The molecule has 28 heavy (non-hydrogen) atoms. The van der Waals surface area contributed by atoms with Crippen molar-refractivity contribution in [3.05, 3.63) is 83.6 Å². The molecule has 2 unspecified atom stereocenters. The number of fused-ring (bicyclic) bond motifs is 1. The molecule has 0 fully saturated rings. The molecule has 1 aliphatic heterocycles. The zero-order chi connectivity index (χ0) is 20.3. The first kappa shape index (κ1) is 19.3. The average Bonchev–Trinajstić information content (AvgIpc) is 2.97. The van der Waals surface area contributed by atoms with Crippen molar-refractivity contribution in [2.45, 2.75) is 19.4 Å². The normalized spacial score (nSPS) is 17.3. The van der Waals surface area contributed by atoms with E-state index in [4.69, 9.17) is 4.74 Å². The molecule has 0 bridgehead atoms. The SMILES string of the molecule is C=C=CC(C=O)(C(=O)OC)C1C(=O)N(Cc2ccccc2)c2ccc(C)cc21. The molecule has 5 nitrogen and oxygen atoms in total. The maximum atomic E-state index is 13.5. The predicted molar refractivity (Wildman–Crippen MR) is 106 cm³/mol. The van der Waals surface area contributed by atoms with Crippen molar-refractivity contribution in [3.8, 4) is 0 Å². The predicted octanol–water partition coefficient (Wildman–Crippen LogP) is 3.32. The van der Waals surface area contributed by atoms with Crippen molar-refractivity contribution < 1.29 is 19.1 Å². The Morgan fingerprint density at radius 1 is 1.29 bits per heavy atom. The van der Waals surface area contributed by atoms with Crippen molar-refractivity contribution in [2.24, 2.45) is 5.41 Å². The number of hydrogen-bond donors (Lipinski definition) is 0. The second kappa shape index (κ2) is 7.67. The van der Waals surface area contributed by atoms with Gasteiger partial charge in [-0.15, -0.1) is 5.73 Å². The molecule has 1 heterocycles. The third kappa shape index (κ3) is 3.06. The number of carbonyl (C=O) groups is 3. The Bertz CT molecular complexity index is 975. The van der Waals surface area contributed by atoms with Gasteiger partial charge in [0.2, 0.25) is 5.91 Å². The lowest BCUT2D eigenvalue weighted by Crippen LogP contribution is -2.43. The first-order valence-electron chi connectivity index (χ1n) is 8.86. The molecule has 1 aliphatic rings. The lowest BCUT2D eigenvalue weighted by Gasteiger charge is -2.27. The highest BCUT2D eigenvalue weighted by Gasteiger charge is 2.55. The van der Waals surface area contributed by atoms with Crippen LogP contribution in [0.3, 0.4) is 0 Å². The molecule has 0 spiro atoms. The molecule has 3 rings (SSSR count). The molecule has 0 saturated heterocycles. The number of anilines is 1. The van der Waals surface area contributed by atoms with E-state index in [0.717, 1.165) is 11.1 Å². The molecule has 2 atom stereocenters. The van der Waals surface area contributed by atoms with E-state index in [-0.39, 0.29) is 5.91 Å². The number of benzene rings is 2. The lowest BCUT2D eigenvalue weighted by atomic mass is 9.73. The van der Waals surface area contributed by atoms with Gasteiger partial charge in [0.25, 0.3) is 0 Å². The number of rotatable bonds is 6. The monoisotopic (exact) mass is 375 g/mol. The minimum atomic E-state index is -1.82. The van der Waals surface area contributed by atoms with Gasteiger partial charge in [0.05, 0.1) is 19.6 Å². The van der Waals surface area contributed by atoms with E-state index in [1.165, 1.54) is 13.2 Å². The quantitative estimate of drug-likeness (QED) is 0.336. The van der Waals surface area contributed by atoms with Gasteiger partial charge >= 0.3 is 5.97 Å². The van der Waals surface area contributed by atoms with E-state index in [2.05, 4.69) is 12.3 Å². The van der Waals surface area contributed by atoms with Crippen LogP contribution in [0.5, 0.6) is 0 Å². The molecule has 0 aromatic heterocycles. The highest BCUT2D eigenvalue weighted by molar-refractivity contribution is 6.12. The van der Waals surface area contributed by atoms with E-state index in [0.29, 0.717) is 24.1 Å². The third-order valence-corrected chi connectivity index (χ3v) is 5.03. The van der Waals surface area contributed by atoms with Crippen molar-refractivity contribution in [2.75, 3.05) is 12.0 Å². The minimum absolute atomic E-state index is 0.333. The van der Waals surface area contributed by atoms with Crippen molar-refractivity contribution >= 4 is 23.9 Å². The topological polar surface area (TPSA) is 63.7 Å². The van der Waals surface area contributed by atoms with Gasteiger partial charge in [-0.3, -0.25) is 9.59 Å². The number of nitrogens with zero attached hydrogens (tertiary/aromatic N) is 1. The largest absolute Gasteiger partial charge is 0.468 e. The Balaban J connectivity index is 2.18. The fraction of sp³-hybridized carbons (Fsp3) is 0.217. The molecule has 2 aromatic rings. The van der Waals surface area contributed by atoms with Gasteiger partial charge in [0.15, 0.2) is 5.41 Å². The Labute approximate surface area is 163 Å². The summed E-state index contributed by atoms with van der Waals surface area (Å²) >= 11 is 0. The zero-order valence-electron chi connectivity index (χ0n) is 15.8. The van der Waals surface area contributed by atoms with Crippen LogP contribution in [0.25, 0.3) is 0 Å². The lowest BCUT2D eigenvalue weighted by molar-refractivity contribution is -0.154. The summed E-state index contributed by atoms with van der Waals surface area (Å²) in [6.45, 7) is 5.72. The van der Waals surface area contributed by atoms with E-state index in [1.807, 2.05) is 55.5 Å². The zero-order valence-corrected chi connectivity index (χ0v) is 15.8. The van der Waals surface area contributed by atoms with Gasteiger partial charge in [-0.1, -0.05) is 54.6 Å². The second-order valence-corrected chi connectivity index (χ2v) is 6.80. The number of carbonyl (C=O) groups excluding carboxylic acids is 3. The van der Waals surface area contributed by atoms with E-state index >= 15 is 0 Å². The van der Waals surface area contributed by atoms with Crippen molar-refractivity contribution in [1.82, 2.24) is 0 Å². The van der Waals surface area contributed by atoms with Crippen LogP contribution < -0.4 is 4.90 Å². The number of ether oxygens (including phenoxy) is 1. The number of aryl methyl sites for hydroxylation is 1. The molecule has 1 amide bonds. The van der Waals surface area contributed by atoms with Gasteiger partial charge < -0.3 is 14.4 Å². The van der Waals surface area contributed by atoms with Crippen molar-refractivity contribution in [3.63, 3.8) is 0 Å². The van der Waals surface area contributed by atoms with Crippen LogP contribution in [0.1, 0.15) is 22.6 Å². The molecular weight excluding hydrogens is 354 g/mol. The minimum Gasteiger partial charge on any atom is -0.468 e. The Kier molecular flexibility index (Phi) is 5.30. The van der Waals surface area contributed by atoms with Crippen LogP contribution in [0.4, 0.5) is 5.69 Å². The van der Waals surface area contributed by atoms with Gasteiger partial charge in [0, 0.05) is 5.69 Å². The third-order valence-electron chi connectivity index (χ3n) is 5.03. The molecule has 2 aromatic carbocycles. The molecule has 142 valence electrons. The Hall–Kier alpha value is -3.43. The Morgan fingerprint density at radius 3 is 2.61 bits per heavy atom. The summed E-state index contributed by atoms with van der Waals surface area (Å²) in [5.41, 5.74) is 3.84. The van der Waals surface area contributed by atoms with Crippen LogP contribution in [0.2, 0.25) is 0 Å². The smallest absolute Gasteiger partial charge is 0.324 e. The van der Waals surface area contributed by atoms with E-state index in [9.17, 15) is 14.4 Å². The van der Waals surface area contributed by atoms with Crippen LogP contribution in [0, 0.1) is 12.3 Å². The molecule has 0 saturated carbocycles. The summed E-state index contributed by atoms with van der Waals surface area (Å²) in [5.74, 6) is -2.19. The highest BCUT2D eigenvalue weighted by Crippen LogP contribution is 2.48. The fourth-order valence-electron chi connectivity index (χ4n) is 3.71. The molecule has 0 N–H and O–H groups in total. The van der Waals surface area contributed by atoms with Crippen molar-refractivity contribution in [1.29, 1.82) is 0 Å². The van der Waals surface area contributed by atoms with Crippen LogP contribution in [0.15, 0.2) is 66.9 Å². The number of aldehydes is 1. The summed E-state index contributed by atoms with van der Waals surface area (Å²) in [5, 5.41) is 0. The Morgan fingerprint density at radius 2 is 2.00 bits per heavy atom. The van der Waals surface area contributed by atoms with E-state index < -0.39 is 17.3 Å². The maximum absolute atomic E-state index is 13.5. The van der Waals surface area contributed by atoms with E-state index in [1.54, 1.807) is 4.90 Å². The van der Waals surface area contributed by atoms with Gasteiger partial charge in [0.1, 0.15) is 6.29 Å². The van der Waals surface area contributed by atoms with Gasteiger partial charge in [-0.2, -0.15) is 0 Å². The average molecular weight is 375 g/mol. The number of methoxy groups -OCH3 is 1. The van der Waals surface area contributed by atoms with Crippen LogP contribution in [-0.4, -0.2) is 25.3 Å². The van der Waals surface area contributed by atoms with Crippen LogP contribution in [-0.2, 0) is 25.7 Å². The van der Waals surface area contributed by atoms with Gasteiger partial charge in [-0.25, -0.2) is 0 Å². The molecule has 0 aliphatic carbocycles. The summed E-state index contributed by atoms with van der Waals surface area (Å²) < 4.78 is 4.88. The summed E-state index contributed by atoms with van der Waals surface area (Å²) in [7, 11) is 1.19. The number of amides is 1. The molecular formula is C23H21NO4. The number of hydrogen-bond acceptors (Lipinski definition) is 4. The second-order valence-electron chi connectivity index (χ2n) is 6.80. The molecule has 5 heteroatoms. The standard InChI is InChI=1S/C23H21NO4/c1-4-12-23(15-25,22(27)28-3)20-18-13-16(2)10-11-19(18)24(21(20)26)14-17-8-6-5-7-9-17/h5-13,15,20H,1,14H2,2-3H3. The summed E-state index contributed by atoms with van der Waals surface area (Å²) in [6.07, 6.45) is 1.68. The maximum Gasteiger partial charge on any atom is 0.324 e. The summed E-state index contributed by atoms with van der Waals surface area (Å²) in [6, 6.07) is 15.1. The van der Waals surface area contributed by atoms with Crippen LogP contribution >= 0.6 is 0 Å². The molecule has 0 radical (unpaired) electrons. The fourth-order valence-corrected chi connectivity index (χ4v) is 3.71. The summed E-state index contributed by atoms with van der Waals surface area (Å²) in [4.78, 5) is 39.8. The van der Waals surface area contributed by atoms with Gasteiger partial charge in [-0.05, 0) is 30.2 Å².